The van der Waals surface area contributed by atoms with Gasteiger partial charge in [0.05, 0.1) is 26.9 Å². The highest BCUT2D eigenvalue weighted by Crippen LogP contribution is 2.43. The minimum Gasteiger partial charge on any atom is -0.496 e. The molecule has 2 N–H and O–H groups in total. The average Bonchev–Trinajstić information content (AvgIpc) is 2.46. The Morgan fingerprint density at radius 1 is 0.900 bits per heavy atom. The third-order valence-electron chi connectivity index (χ3n) is 3.00. The summed E-state index contributed by atoms with van der Waals surface area (Å²) in [5.74, 6) is 1.29. The molecule has 2 aromatic carbocycles. The fourth-order valence-electron chi connectivity index (χ4n) is 2.03. The molecule has 0 saturated carbocycles. The molecule has 2 rings (SSSR count). The minimum atomic E-state index is -0.391. The van der Waals surface area contributed by atoms with E-state index in [0.717, 1.165) is 0 Å². The van der Waals surface area contributed by atoms with Crippen LogP contribution in [0.2, 0.25) is 0 Å². The summed E-state index contributed by atoms with van der Waals surface area (Å²) < 4.78 is 29.1. The van der Waals surface area contributed by atoms with Gasteiger partial charge in [-0.15, -0.1) is 0 Å². The highest BCUT2D eigenvalue weighted by atomic mass is 19.1. The standard InChI is InChI=1S/C15H16FNO3/c1-18-10-7-13(19-2)15(14(8-10)20-3)11-5-4-9(16)6-12(11)17/h4-8H,17H2,1-3H3. The number of ether oxygens (including phenoxy) is 3. The lowest BCUT2D eigenvalue weighted by Crippen LogP contribution is -1.98. The maximum atomic E-state index is 13.2. The first kappa shape index (κ1) is 14.0. The largest absolute Gasteiger partial charge is 0.496 e. The maximum Gasteiger partial charge on any atom is 0.134 e. The molecule has 0 aromatic heterocycles. The number of hydrogen-bond donors (Lipinski definition) is 1. The Balaban J connectivity index is 2.71. The quantitative estimate of drug-likeness (QED) is 0.872. The summed E-state index contributed by atoms with van der Waals surface area (Å²) >= 11 is 0. The minimum absolute atomic E-state index is 0.312. The van der Waals surface area contributed by atoms with Crippen molar-refractivity contribution < 1.29 is 18.6 Å². The van der Waals surface area contributed by atoms with E-state index in [1.807, 2.05) is 0 Å². The van der Waals surface area contributed by atoms with Gasteiger partial charge in [-0.3, -0.25) is 0 Å². The molecule has 0 aliphatic heterocycles. The second kappa shape index (κ2) is 5.69. The number of benzene rings is 2. The van der Waals surface area contributed by atoms with Crippen LogP contribution in [0.4, 0.5) is 10.1 Å². The number of methoxy groups -OCH3 is 3. The van der Waals surface area contributed by atoms with E-state index in [2.05, 4.69) is 0 Å². The lowest BCUT2D eigenvalue weighted by atomic mass is 10.0. The molecule has 5 heteroatoms. The van der Waals surface area contributed by atoms with E-state index in [9.17, 15) is 4.39 Å². The van der Waals surface area contributed by atoms with Gasteiger partial charge >= 0.3 is 0 Å². The Hall–Kier alpha value is -2.43. The summed E-state index contributed by atoms with van der Waals surface area (Å²) in [6, 6.07) is 7.64. The summed E-state index contributed by atoms with van der Waals surface area (Å²) in [5.41, 5.74) is 7.50. The Bertz CT molecular complexity index is 604. The molecule has 0 radical (unpaired) electrons. The first-order valence-electron chi connectivity index (χ1n) is 5.96. The Labute approximate surface area is 116 Å². The summed E-state index contributed by atoms with van der Waals surface area (Å²) in [6.45, 7) is 0. The van der Waals surface area contributed by atoms with Gasteiger partial charge in [0, 0.05) is 23.4 Å². The fraction of sp³-hybridized carbons (Fsp3) is 0.200. The third-order valence-corrected chi connectivity index (χ3v) is 3.00. The Kier molecular flexibility index (Phi) is 3.98. The van der Waals surface area contributed by atoms with Crippen LogP contribution in [0, 0.1) is 5.82 Å². The number of rotatable bonds is 4. The van der Waals surface area contributed by atoms with Gasteiger partial charge in [0.15, 0.2) is 0 Å². The number of anilines is 1. The molecule has 0 saturated heterocycles. The zero-order valence-corrected chi connectivity index (χ0v) is 11.6. The molecule has 0 atom stereocenters. The predicted molar refractivity (Wildman–Crippen MR) is 75.9 cm³/mol. The molecule has 0 aliphatic carbocycles. The molecular weight excluding hydrogens is 261 g/mol. The fourth-order valence-corrected chi connectivity index (χ4v) is 2.03. The van der Waals surface area contributed by atoms with Crippen molar-refractivity contribution in [3.05, 3.63) is 36.1 Å². The van der Waals surface area contributed by atoms with Crippen molar-refractivity contribution in [2.24, 2.45) is 0 Å². The zero-order valence-electron chi connectivity index (χ0n) is 11.6. The van der Waals surface area contributed by atoms with Crippen LogP contribution in [0.25, 0.3) is 11.1 Å². The van der Waals surface area contributed by atoms with E-state index in [1.54, 1.807) is 25.3 Å². The monoisotopic (exact) mass is 277 g/mol. The van der Waals surface area contributed by atoms with Crippen molar-refractivity contribution in [1.29, 1.82) is 0 Å². The van der Waals surface area contributed by atoms with Crippen LogP contribution in [-0.4, -0.2) is 21.3 Å². The second-order valence-corrected chi connectivity index (χ2v) is 4.14. The van der Waals surface area contributed by atoms with Crippen molar-refractivity contribution in [3.63, 3.8) is 0 Å². The summed E-state index contributed by atoms with van der Waals surface area (Å²) in [5, 5.41) is 0. The summed E-state index contributed by atoms with van der Waals surface area (Å²) in [6.07, 6.45) is 0. The first-order chi connectivity index (χ1) is 9.60. The van der Waals surface area contributed by atoms with E-state index in [0.29, 0.717) is 34.1 Å². The van der Waals surface area contributed by atoms with Crippen LogP contribution < -0.4 is 19.9 Å². The van der Waals surface area contributed by atoms with Crippen LogP contribution in [0.1, 0.15) is 0 Å². The highest BCUT2D eigenvalue weighted by Gasteiger charge is 2.17. The Morgan fingerprint density at radius 2 is 1.50 bits per heavy atom. The van der Waals surface area contributed by atoms with Crippen LogP contribution in [-0.2, 0) is 0 Å². The number of halogens is 1. The van der Waals surface area contributed by atoms with E-state index >= 15 is 0 Å². The smallest absolute Gasteiger partial charge is 0.134 e. The molecule has 0 bridgehead atoms. The third kappa shape index (κ3) is 2.47. The first-order valence-corrected chi connectivity index (χ1v) is 5.96. The topological polar surface area (TPSA) is 53.7 Å². The molecule has 0 spiro atoms. The molecule has 106 valence electrons. The van der Waals surface area contributed by atoms with E-state index in [1.165, 1.54) is 26.4 Å². The predicted octanol–water partition coefficient (Wildman–Crippen LogP) is 3.10. The van der Waals surface area contributed by atoms with E-state index < -0.39 is 5.82 Å². The van der Waals surface area contributed by atoms with Crippen LogP contribution >= 0.6 is 0 Å². The van der Waals surface area contributed by atoms with Gasteiger partial charge < -0.3 is 19.9 Å². The SMILES string of the molecule is COc1cc(OC)c(-c2ccc(F)cc2N)c(OC)c1. The van der Waals surface area contributed by atoms with Crippen molar-refractivity contribution >= 4 is 5.69 Å². The normalized spacial score (nSPS) is 10.2. The molecule has 0 fully saturated rings. The molecule has 20 heavy (non-hydrogen) atoms. The molecule has 4 nitrogen and oxygen atoms in total. The van der Waals surface area contributed by atoms with Crippen LogP contribution in [0.3, 0.4) is 0 Å². The van der Waals surface area contributed by atoms with Gasteiger partial charge in [0.25, 0.3) is 0 Å². The van der Waals surface area contributed by atoms with Crippen molar-refractivity contribution in [2.45, 2.75) is 0 Å². The summed E-state index contributed by atoms with van der Waals surface area (Å²) in [7, 11) is 4.63. The molecular formula is C15H16FNO3. The van der Waals surface area contributed by atoms with E-state index in [-0.39, 0.29) is 0 Å². The van der Waals surface area contributed by atoms with Crippen LogP contribution in [0.15, 0.2) is 30.3 Å². The number of nitrogens with two attached hydrogens (primary N) is 1. The zero-order chi connectivity index (χ0) is 14.7. The number of nitrogen functional groups attached to an aromatic ring is 1. The highest BCUT2D eigenvalue weighted by molar-refractivity contribution is 5.85. The Morgan fingerprint density at radius 3 is 1.95 bits per heavy atom. The lowest BCUT2D eigenvalue weighted by molar-refractivity contribution is 0.377. The molecule has 0 aliphatic rings. The van der Waals surface area contributed by atoms with Gasteiger partial charge in [-0.1, -0.05) is 0 Å². The van der Waals surface area contributed by atoms with Crippen molar-refractivity contribution in [3.8, 4) is 28.4 Å². The molecule has 0 heterocycles. The van der Waals surface area contributed by atoms with Gasteiger partial charge in [-0.25, -0.2) is 4.39 Å². The van der Waals surface area contributed by atoms with Crippen LogP contribution in [0.5, 0.6) is 17.2 Å². The average molecular weight is 277 g/mol. The van der Waals surface area contributed by atoms with Gasteiger partial charge in [-0.05, 0) is 18.2 Å². The second-order valence-electron chi connectivity index (χ2n) is 4.14. The van der Waals surface area contributed by atoms with Gasteiger partial charge in [0.2, 0.25) is 0 Å². The lowest BCUT2D eigenvalue weighted by Gasteiger charge is -2.16. The van der Waals surface area contributed by atoms with Gasteiger partial charge in [-0.2, -0.15) is 0 Å². The van der Waals surface area contributed by atoms with Crippen molar-refractivity contribution in [2.75, 3.05) is 27.1 Å². The van der Waals surface area contributed by atoms with E-state index in [4.69, 9.17) is 19.9 Å². The maximum absolute atomic E-state index is 13.2. The van der Waals surface area contributed by atoms with Gasteiger partial charge in [0.1, 0.15) is 23.1 Å². The molecule has 0 unspecified atom stereocenters. The molecule has 2 aromatic rings. The van der Waals surface area contributed by atoms with Crippen molar-refractivity contribution in [1.82, 2.24) is 0 Å². The molecule has 0 amide bonds. The number of hydrogen-bond acceptors (Lipinski definition) is 4. The summed E-state index contributed by atoms with van der Waals surface area (Å²) in [4.78, 5) is 0.